The number of methoxy groups -OCH3 is 1. The molecule has 4 rings (SSSR count). The van der Waals surface area contributed by atoms with Gasteiger partial charge in [0.2, 0.25) is 0 Å². The number of carbonyl (C=O) groups is 1. The minimum Gasteiger partial charge on any atom is -0.496 e. The molecule has 186 valence electrons. The van der Waals surface area contributed by atoms with Gasteiger partial charge in [-0.15, -0.1) is 0 Å². The van der Waals surface area contributed by atoms with Gasteiger partial charge in [-0.1, -0.05) is 0 Å². The fourth-order valence-corrected chi connectivity index (χ4v) is 4.94. The predicted octanol–water partition coefficient (Wildman–Crippen LogP) is 4.91. The number of amides is 1. The summed E-state index contributed by atoms with van der Waals surface area (Å²) < 4.78 is 45.4. The van der Waals surface area contributed by atoms with Gasteiger partial charge >= 0.3 is 6.18 Å². The van der Waals surface area contributed by atoms with E-state index in [0.717, 1.165) is 23.6 Å². The van der Waals surface area contributed by atoms with Crippen molar-refractivity contribution in [2.24, 2.45) is 0 Å². The molecule has 7 nitrogen and oxygen atoms in total. The summed E-state index contributed by atoms with van der Waals surface area (Å²) >= 11 is 1.81. The molecule has 0 aliphatic carbocycles. The molecule has 1 atom stereocenters. The van der Waals surface area contributed by atoms with Crippen LogP contribution in [0.15, 0.2) is 30.3 Å². The second-order valence-corrected chi connectivity index (χ2v) is 9.57. The van der Waals surface area contributed by atoms with Crippen molar-refractivity contribution < 1.29 is 22.7 Å². The smallest absolute Gasteiger partial charge is 0.416 e. The third-order valence-electron chi connectivity index (χ3n) is 5.82. The van der Waals surface area contributed by atoms with E-state index in [1.165, 1.54) is 13.2 Å². The number of nitrogens with one attached hydrogen (secondary N) is 1. The number of alkyl halides is 3. The number of nitrogens with two attached hydrogens (primary N) is 1. The molecule has 0 saturated carbocycles. The van der Waals surface area contributed by atoms with E-state index in [1.807, 2.05) is 11.8 Å². The Morgan fingerprint density at radius 1 is 1.17 bits per heavy atom. The number of hydrogen-bond donors (Lipinski definition) is 2. The number of hydrogen-bond acceptors (Lipinski definition) is 7. The van der Waals surface area contributed by atoms with Crippen molar-refractivity contribution in [3.63, 3.8) is 0 Å². The number of benzene rings is 2. The number of anilines is 2. The number of halogens is 3. The number of carbonyl (C=O) groups excluding carboxylic acids is 1. The summed E-state index contributed by atoms with van der Waals surface area (Å²) in [7, 11) is 1.49. The van der Waals surface area contributed by atoms with Gasteiger partial charge in [-0.2, -0.15) is 24.9 Å². The summed E-state index contributed by atoms with van der Waals surface area (Å²) in [5.74, 6) is 2.90. The lowest BCUT2D eigenvalue weighted by molar-refractivity contribution is -0.137. The summed E-state index contributed by atoms with van der Waals surface area (Å²) in [5.41, 5.74) is 6.26. The molecule has 0 unspecified atom stereocenters. The van der Waals surface area contributed by atoms with Gasteiger partial charge < -0.3 is 20.7 Å². The van der Waals surface area contributed by atoms with Crippen LogP contribution in [0.25, 0.3) is 10.9 Å². The maximum absolute atomic E-state index is 13.3. The summed E-state index contributed by atoms with van der Waals surface area (Å²) in [6.45, 7) is 4.77. The van der Waals surface area contributed by atoms with Gasteiger partial charge in [-0.25, -0.2) is 9.97 Å². The Balaban J connectivity index is 1.72. The second kappa shape index (κ2) is 9.80. The Morgan fingerprint density at radius 3 is 2.54 bits per heavy atom. The molecule has 35 heavy (non-hydrogen) atoms. The summed E-state index contributed by atoms with van der Waals surface area (Å²) in [6, 6.07) is 6.30. The van der Waals surface area contributed by atoms with Gasteiger partial charge in [0, 0.05) is 35.7 Å². The first-order chi connectivity index (χ1) is 16.6. The van der Waals surface area contributed by atoms with E-state index >= 15 is 0 Å². The number of ether oxygens (including phenoxy) is 1. The van der Waals surface area contributed by atoms with Crippen LogP contribution >= 0.6 is 11.8 Å². The van der Waals surface area contributed by atoms with Crippen molar-refractivity contribution in [2.45, 2.75) is 26.1 Å². The molecule has 3 N–H and O–H groups in total. The standard InChI is InChI=1S/C24H26F3N5O2S/c1-13(15-8-16(24(25,26)27)10-17(28)9-15)29-22-18-12-21(34-3)19(11-20(18)30-14(2)31-22)23(33)32-4-6-35-7-5-32/h8-13H,4-7,28H2,1-3H3,(H,29,30,31)/t13-/m1/s1. The quantitative estimate of drug-likeness (QED) is 0.476. The zero-order valence-corrected chi connectivity index (χ0v) is 20.4. The van der Waals surface area contributed by atoms with Crippen LogP contribution in [0.4, 0.5) is 24.7 Å². The van der Waals surface area contributed by atoms with Crippen molar-refractivity contribution in [1.29, 1.82) is 0 Å². The van der Waals surface area contributed by atoms with Crippen LogP contribution in [0, 0.1) is 6.92 Å². The van der Waals surface area contributed by atoms with E-state index in [0.29, 0.717) is 52.5 Å². The molecule has 11 heteroatoms. The molecule has 1 fully saturated rings. The molecule has 0 radical (unpaired) electrons. The van der Waals surface area contributed by atoms with Crippen LogP contribution < -0.4 is 15.8 Å². The molecule has 2 aromatic carbocycles. The van der Waals surface area contributed by atoms with E-state index in [1.54, 1.807) is 30.9 Å². The van der Waals surface area contributed by atoms with Crippen LogP contribution in [-0.2, 0) is 6.18 Å². The van der Waals surface area contributed by atoms with Gasteiger partial charge in [0.15, 0.2) is 0 Å². The normalized spacial score (nSPS) is 15.2. The third-order valence-corrected chi connectivity index (χ3v) is 6.76. The first kappa shape index (κ1) is 24.9. The Labute approximate surface area is 205 Å². The van der Waals surface area contributed by atoms with Gasteiger partial charge in [-0.3, -0.25) is 4.79 Å². The van der Waals surface area contributed by atoms with Gasteiger partial charge in [-0.05, 0) is 49.7 Å². The molecular formula is C24H26F3N5O2S. The van der Waals surface area contributed by atoms with Gasteiger partial charge in [0.05, 0.1) is 29.8 Å². The van der Waals surface area contributed by atoms with E-state index in [4.69, 9.17) is 10.5 Å². The van der Waals surface area contributed by atoms with Crippen molar-refractivity contribution in [2.75, 3.05) is 42.8 Å². The molecule has 3 aromatic rings. The molecule has 2 heterocycles. The van der Waals surface area contributed by atoms with Crippen molar-refractivity contribution in [3.8, 4) is 5.75 Å². The Morgan fingerprint density at radius 2 is 1.89 bits per heavy atom. The second-order valence-electron chi connectivity index (χ2n) is 8.35. The van der Waals surface area contributed by atoms with E-state index in [-0.39, 0.29) is 11.6 Å². The summed E-state index contributed by atoms with van der Waals surface area (Å²) in [4.78, 5) is 23.9. The lowest BCUT2D eigenvalue weighted by Crippen LogP contribution is -2.38. The molecule has 1 aliphatic heterocycles. The number of aromatic nitrogens is 2. The van der Waals surface area contributed by atoms with Crippen LogP contribution in [0.1, 0.15) is 40.3 Å². The maximum Gasteiger partial charge on any atom is 0.416 e. The number of nitrogen functional groups attached to an aromatic ring is 1. The van der Waals surface area contributed by atoms with Gasteiger partial charge in [0.1, 0.15) is 17.4 Å². The average Bonchev–Trinajstić information content (AvgIpc) is 2.82. The lowest BCUT2D eigenvalue weighted by Gasteiger charge is -2.27. The van der Waals surface area contributed by atoms with Crippen molar-refractivity contribution in [1.82, 2.24) is 14.9 Å². The minimum atomic E-state index is -4.51. The number of nitrogens with zero attached hydrogens (tertiary/aromatic N) is 3. The highest BCUT2D eigenvalue weighted by atomic mass is 32.2. The molecule has 1 saturated heterocycles. The number of thioether (sulfide) groups is 1. The van der Waals surface area contributed by atoms with Gasteiger partial charge in [0.25, 0.3) is 5.91 Å². The molecule has 0 spiro atoms. The highest BCUT2D eigenvalue weighted by Gasteiger charge is 2.31. The summed E-state index contributed by atoms with van der Waals surface area (Å²) in [6.07, 6.45) is -4.51. The van der Waals surface area contributed by atoms with Crippen LogP contribution in [-0.4, -0.2) is 52.5 Å². The Bertz CT molecular complexity index is 1260. The van der Waals surface area contributed by atoms with E-state index < -0.39 is 17.8 Å². The Hall–Kier alpha value is -3.21. The zero-order chi connectivity index (χ0) is 25.3. The maximum atomic E-state index is 13.3. The largest absolute Gasteiger partial charge is 0.496 e. The number of aryl methyl sites for hydroxylation is 1. The number of fused-ring (bicyclic) bond motifs is 1. The van der Waals surface area contributed by atoms with E-state index in [2.05, 4.69) is 15.3 Å². The molecular weight excluding hydrogens is 479 g/mol. The Kier molecular flexibility index (Phi) is 6.98. The van der Waals surface area contributed by atoms with Crippen molar-refractivity contribution in [3.05, 3.63) is 52.8 Å². The molecule has 0 bridgehead atoms. The average molecular weight is 506 g/mol. The van der Waals surface area contributed by atoms with Crippen molar-refractivity contribution >= 4 is 40.1 Å². The first-order valence-electron chi connectivity index (χ1n) is 11.0. The highest BCUT2D eigenvalue weighted by molar-refractivity contribution is 7.99. The fourth-order valence-electron chi connectivity index (χ4n) is 4.03. The predicted molar refractivity (Wildman–Crippen MR) is 132 cm³/mol. The molecule has 1 aliphatic rings. The lowest BCUT2D eigenvalue weighted by atomic mass is 10.0. The fraction of sp³-hybridized carbons (Fsp3) is 0.375. The minimum absolute atomic E-state index is 0.0214. The molecule has 1 aromatic heterocycles. The van der Waals surface area contributed by atoms with Crippen LogP contribution in [0.2, 0.25) is 0 Å². The zero-order valence-electron chi connectivity index (χ0n) is 19.6. The summed E-state index contributed by atoms with van der Waals surface area (Å²) in [5, 5.41) is 3.77. The topological polar surface area (TPSA) is 93.4 Å². The first-order valence-corrected chi connectivity index (χ1v) is 12.2. The third kappa shape index (κ3) is 5.39. The van der Waals surface area contributed by atoms with Crippen LogP contribution in [0.3, 0.4) is 0 Å². The number of rotatable bonds is 5. The van der Waals surface area contributed by atoms with E-state index in [9.17, 15) is 18.0 Å². The monoisotopic (exact) mass is 505 g/mol. The highest BCUT2D eigenvalue weighted by Crippen LogP contribution is 2.35. The SMILES string of the molecule is COc1cc2c(N[C@H](C)c3cc(N)cc(C(F)(F)F)c3)nc(C)nc2cc1C(=O)N1CCSCC1. The van der Waals surface area contributed by atoms with Crippen LogP contribution in [0.5, 0.6) is 5.75 Å². The molecule has 1 amide bonds.